The predicted molar refractivity (Wildman–Crippen MR) is 111 cm³/mol. The Labute approximate surface area is 172 Å². The van der Waals surface area contributed by atoms with E-state index in [1.54, 1.807) is 7.11 Å². The molecule has 1 aliphatic rings. The maximum Gasteiger partial charge on any atom is 0.240 e. The zero-order chi connectivity index (χ0) is 19.5. The zero-order valence-electron chi connectivity index (χ0n) is 16.1. The standard InChI is InChI=1S/C20H24BrN5O2/c1-14(27-2)20-23-19(28-24-20)13-25-8-3-9-26(11-10-25)18-6-7-22-17-5-4-15(21)12-16(17)18/h4-7,12,14H,3,8-11,13H2,1-2H3. The van der Waals surface area contributed by atoms with Crippen molar-refractivity contribution in [2.75, 3.05) is 38.2 Å². The number of nitrogens with zero attached hydrogens (tertiary/aromatic N) is 5. The highest BCUT2D eigenvalue weighted by atomic mass is 79.9. The molecule has 2 aromatic heterocycles. The van der Waals surface area contributed by atoms with Gasteiger partial charge in [-0.1, -0.05) is 21.1 Å². The van der Waals surface area contributed by atoms with E-state index in [1.165, 1.54) is 11.1 Å². The molecule has 0 N–H and O–H groups in total. The molecule has 8 heteroatoms. The SMILES string of the molecule is COC(C)c1noc(CN2CCCN(c3ccnc4ccc(Br)cc34)CC2)n1. The van der Waals surface area contributed by atoms with Crippen molar-refractivity contribution < 1.29 is 9.26 Å². The van der Waals surface area contributed by atoms with E-state index in [1.807, 2.05) is 19.2 Å². The van der Waals surface area contributed by atoms with Gasteiger partial charge in [0.25, 0.3) is 0 Å². The van der Waals surface area contributed by atoms with Crippen LogP contribution in [0.2, 0.25) is 0 Å². The maximum atomic E-state index is 5.40. The number of hydrogen-bond donors (Lipinski definition) is 0. The first-order chi connectivity index (χ1) is 13.6. The van der Waals surface area contributed by atoms with Gasteiger partial charge in [0.05, 0.1) is 12.1 Å². The lowest BCUT2D eigenvalue weighted by molar-refractivity contribution is 0.109. The molecule has 7 nitrogen and oxygen atoms in total. The van der Waals surface area contributed by atoms with E-state index in [0.29, 0.717) is 18.3 Å². The summed E-state index contributed by atoms with van der Waals surface area (Å²) in [5, 5.41) is 5.20. The molecule has 4 rings (SSSR count). The molecular formula is C20H24BrN5O2. The average Bonchev–Trinajstić information content (AvgIpc) is 3.05. The first-order valence-corrected chi connectivity index (χ1v) is 10.3. The van der Waals surface area contributed by atoms with Crippen LogP contribution in [0.25, 0.3) is 10.9 Å². The Kier molecular flexibility index (Phi) is 5.89. The minimum absolute atomic E-state index is 0.156. The second-order valence-electron chi connectivity index (χ2n) is 7.03. The Morgan fingerprint density at radius 1 is 1.21 bits per heavy atom. The summed E-state index contributed by atoms with van der Waals surface area (Å²) in [5.41, 5.74) is 2.26. The van der Waals surface area contributed by atoms with Crippen molar-refractivity contribution in [3.63, 3.8) is 0 Å². The van der Waals surface area contributed by atoms with Gasteiger partial charge in [-0.15, -0.1) is 0 Å². The molecule has 1 aromatic carbocycles. The Bertz CT molecular complexity index is 947. The summed E-state index contributed by atoms with van der Waals surface area (Å²) in [6.07, 6.45) is 2.81. The smallest absolute Gasteiger partial charge is 0.240 e. The van der Waals surface area contributed by atoms with Gasteiger partial charge in [-0.25, -0.2) is 0 Å². The third-order valence-corrected chi connectivity index (χ3v) is 5.66. The van der Waals surface area contributed by atoms with E-state index >= 15 is 0 Å². The highest BCUT2D eigenvalue weighted by Gasteiger charge is 2.20. The van der Waals surface area contributed by atoms with Crippen LogP contribution in [0.4, 0.5) is 5.69 Å². The minimum atomic E-state index is -0.156. The second-order valence-corrected chi connectivity index (χ2v) is 7.95. The van der Waals surface area contributed by atoms with E-state index in [-0.39, 0.29) is 6.10 Å². The van der Waals surface area contributed by atoms with E-state index in [2.05, 4.69) is 59.1 Å². The van der Waals surface area contributed by atoms with Gasteiger partial charge in [0.15, 0.2) is 5.82 Å². The van der Waals surface area contributed by atoms with Gasteiger partial charge in [0, 0.05) is 55.0 Å². The summed E-state index contributed by atoms with van der Waals surface area (Å²) in [7, 11) is 1.64. The lowest BCUT2D eigenvalue weighted by atomic mass is 10.1. The van der Waals surface area contributed by atoms with Gasteiger partial charge >= 0.3 is 0 Å². The first-order valence-electron chi connectivity index (χ1n) is 9.51. The fraction of sp³-hybridized carbons (Fsp3) is 0.450. The number of hydrogen-bond acceptors (Lipinski definition) is 7. The van der Waals surface area contributed by atoms with Crippen LogP contribution in [0, 0.1) is 0 Å². The number of fused-ring (bicyclic) bond motifs is 1. The van der Waals surface area contributed by atoms with E-state index < -0.39 is 0 Å². The number of rotatable bonds is 5. The van der Waals surface area contributed by atoms with E-state index in [9.17, 15) is 0 Å². The molecule has 0 saturated carbocycles. The molecule has 148 valence electrons. The molecule has 0 radical (unpaired) electrons. The van der Waals surface area contributed by atoms with Crippen molar-refractivity contribution >= 4 is 32.5 Å². The second kappa shape index (κ2) is 8.55. The van der Waals surface area contributed by atoms with Crippen LogP contribution in [0.5, 0.6) is 0 Å². The Morgan fingerprint density at radius 3 is 2.96 bits per heavy atom. The molecule has 0 bridgehead atoms. The van der Waals surface area contributed by atoms with Gasteiger partial charge in [-0.2, -0.15) is 4.98 Å². The number of methoxy groups -OCH3 is 1. The van der Waals surface area contributed by atoms with Gasteiger partial charge in [-0.05, 0) is 37.6 Å². The highest BCUT2D eigenvalue weighted by molar-refractivity contribution is 9.10. The van der Waals surface area contributed by atoms with Crippen LogP contribution >= 0.6 is 15.9 Å². The molecule has 1 aliphatic heterocycles. The van der Waals surface area contributed by atoms with Crippen LogP contribution in [0.15, 0.2) is 39.5 Å². The summed E-state index contributed by atoms with van der Waals surface area (Å²) in [5.74, 6) is 1.24. The number of halogens is 1. The number of ether oxygens (including phenoxy) is 1. The number of benzene rings is 1. The molecule has 28 heavy (non-hydrogen) atoms. The van der Waals surface area contributed by atoms with Crippen LogP contribution in [-0.4, -0.2) is 53.3 Å². The Hall–Kier alpha value is -2.03. The van der Waals surface area contributed by atoms with Crippen LogP contribution < -0.4 is 4.90 Å². The third-order valence-electron chi connectivity index (χ3n) is 5.17. The van der Waals surface area contributed by atoms with Crippen molar-refractivity contribution in [1.82, 2.24) is 20.0 Å². The van der Waals surface area contributed by atoms with Crippen molar-refractivity contribution in [2.45, 2.75) is 26.0 Å². The van der Waals surface area contributed by atoms with Crippen LogP contribution in [0.1, 0.15) is 31.2 Å². The molecule has 1 unspecified atom stereocenters. The molecule has 1 fully saturated rings. The van der Waals surface area contributed by atoms with Gasteiger partial charge in [0.1, 0.15) is 6.10 Å². The molecule has 0 amide bonds. The van der Waals surface area contributed by atoms with Gasteiger partial charge < -0.3 is 14.2 Å². The summed E-state index contributed by atoms with van der Waals surface area (Å²) in [6, 6.07) is 8.35. The largest absolute Gasteiger partial charge is 0.374 e. The van der Waals surface area contributed by atoms with E-state index in [4.69, 9.17) is 9.26 Å². The molecule has 3 heterocycles. The summed E-state index contributed by atoms with van der Waals surface area (Å²) in [4.78, 5) is 13.8. The maximum absolute atomic E-state index is 5.40. The van der Waals surface area contributed by atoms with Crippen molar-refractivity contribution in [3.05, 3.63) is 46.7 Å². The molecule has 1 saturated heterocycles. The summed E-state index contributed by atoms with van der Waals surface area (Å²) < 4.78 is 11.7. The summed E-state index contributed by atoms with van der Waals surface area (Å²) in [6.45, 7) is 6.48. The lowest BCUT2D eigenvalue weighted by Crippen LogP contribution is -2.30. The molecule has 0 aliphatic carbocycles. The zero-order valence-corrected chi connectivity index (χ0v) is 17.7. The van der Waals surface area contributed by atoms with Gasteiger partial charge in [-0.3, -0.25) is 9.88 Å². The first kappa shape index (κ1) is 19.3. The fourth-order valence-corrected chi connectivity index (χ4v) is 3.90. The number of anilines is 1. The van der Waals surface area contributed by atoms with Crippen LogP contribution in [-0.2, 0) is 11.3 Å². The molecule has 1 atom stereocenters. The third kappa shape index (κ3) is 4.19. The number of pyridine rings is 1. The summed E-state index contributed by atoms with van der Waals surface area (Å²) >= 11 is 3.58. The van der Waals surface area contributed by atoms with Crippen molar-refractivity contribution in [2.24, 2.45) is 0 Å². The Balaban J connectivity index is 1.46. The quantitative estimate of drug-likeness (QED) is 0.591. The van der Waals surface area contributed by atoms with Crippen LogP contribution in [0.3, 0.4) is 0 Å². The normalized spacial score (nSPS) is 17.0. The topological polar surface area (TPSA) is 67.5 Å². The van der Waals surface area contributed by atoms with E-state index in [0.717, 1.165) is 42.6 Å². The molecule has 0 spiro atoms. The number of aromatic nitrogens is 3. The Morgan fingerprint density at radius 2 is 2.11 bits per heavy atom. The minimum Gasteiger partial charge on any atom is -0.374 e. The molecular weight excluding hydrogens is 422 g/mol. The molecule has 3 aromatic rings. The predicted octanol–water partition coefficient (Wildman–Crippen LogP) is 3.80. The monoisotopic (exact) mass is 445 g/mol. The average molecular weight is 446 g/mol. The van der Waals surface area contributed by atoms with Crippen molar-refractivity contribution in [3.8, 4) is 0 Å². The highest BCUT2D eigenvalue weighted by Crippen LogP contribution is 2.29. The van der Waals surface area contributed by atoms with Gasteiger partial charge in [0.2, 0.25) is 5.89 Å². The van der Waals surface area contributed by atoms with Crippen molar-refractivity contribution in [1.29, 1.82) is 0 Å². The fourth-order valence-electron chi connectivity index (χ4n) is 3.54. The lowest BCUT2D eigenvalue weighted by Gasteiger charge is -2.24.